The molecule has 1 aromatic carbocycles. The number of esters is 1. The van der Waals surface area contributed by atoms with E-state index >= 15 is 0 Å². The minimum Gasteiger partial charge on any atom is -0.466 e. The number of carbonyl (C=O) groups is 2. The molecule has 122 valence electrons. The second-order valence-corrected chi connectivity index (χ2v) is 5.88. The van der Waals surface area contributed by atoms with E-state index in [1.165, 1.54) is 0 Å². The molecule has 1 unspecified atom stereocenters. The summed E-state index contributed by atoms with van der Waals surface area (Å²) in [7, 11) is 0. The molecule has 0 saturated carbocycles. The largest absolute Gasteiger partial charge is 0.466 e. The van der Waals surface area contributed by atoms with Crippen molar-refractivity contribution < 1.29 is 19.1 Å². The maximum Gasteiger partial charge on any atom is 0.408 e. The maximum atomic E-state index is 12.0. The molecule has 0 heterocycles. The molecule has 0 bridgehead atoms. The van der Waals surface area contributed by atoms with Gasteiger partial charge in [0.15, 0.2) is 0 Å². The average molecular weight is 308 g/mol. The topological polar surface area (TPSA) is 90.6 Å². The summed E-state index contributed by atoms with van der Waals surface area (Å²) >= 11 is 0. The van der Waals surface area contributed by atoms with E-state index in [2.05, 4.69) is 5.32 Å². The van der Waals surface area contributed by atoms with Crippen LogP contribution in [0.1, 0.15) is 45.7 Å². The lowest BCUT2D eigenvalue weighted by Crippen LogP contribution is -2.36. The van der Waals surface area contributed by atoms with Gasteiger partial charge in [-0.15, -0.1) is 0 Å². The van der Waals surface area contributed by atoms with Gasteiger partial charge < -0.3 is 20.5 Å². The Morgan fingerprint density at radius 3 is 2.55 bits per heavy atom. The highest BCUT2D eigenvalue weighted by Crippen LogP contribution is 2.20. The van der Waals surface area contributed by atoms with Crippen molar-refractivity contribution in [3.8, 4) is 0 Å². The summed E-state index contributed by atoms with van der Waals surface area (Å²) in [6, 6.07) is 6.44. The monoisotopic (exact) mass is 308 g/mol. The van der Waals surface area contributed by atoms with Gasteiger partial charge in [-0.05, 0) is 45.4 Å². The summed E-state index contributed by atoms with van der Waals surface area (Å²) in [5.74, 6) is -0.397. The number of hydrogen-bond donors (Lipinski definition) is 2. The van der Waals surface area contributed by atoms with Crippen LogP contribution in [0.15, 0.2) is 24.3 Å². The summed E-state index contributed by atoms with van der Waals surface area (Å²) in [6.07, 6.45) is -0.583. The van der Waals surface area contributed by atoms with Gasteiger partial charge in [0.05, 0.1) is 19.1 Å². The SMILES string of the molecule is CCOC(=O)CC(NC(=O)OC(C)(C)C)c1cccc(N)c1. The molecule has 6 nitrogen and oxygen atoms in total. The Hall–Kier alpha value is -2.24. The lowest BCUT2D eigenvalue weighted by molar-refractivity contribution is -0.143. The first-order valence-corrected chi connectivity index (χ1v) is 7.22. The number of alkyl carbamates (subject to hydrolysis) is 1. The van der Waals surface area contributed by atoms with Crippen LogP contribution in [-0.2, 0) is 14.3 Å². The third-order valence-corrected chi connectivity index (χ3v) is 2.68. The van der Waals surface area contributed by atoms with Gasteiger partial charge in [0.2, 0.25) is 0 Å². The third-order valence-electron chi connectivity index (χ3n) is 2.68. The quantitative estimate of drug-likeness (QED) is 0.644. The summed E-state index contributed by atoms with van der Waals surface area (Å²) in [5, 5.41) is 2.69. The second kappa shape index (κ2) is 7.68. The highest BCUT2D eigenvalue weighted by atomic mass is 16.6. The molecule has 3 N–H and O–H groups in total. The average Bonchev–Trinajstić information content (AvgIpc) is 2.36. The van der Waals surface area contributed by atoms with Crippen LogP contribution in [0.5, 0.6) is 0 Å². The van der Waals surface area contributed by atoms with Crippen LogP contribution in [0.4, 0.5) is 10.5 Å². The van der Waals surface area contributed by atoms with Gasteiger partial charge in [-0.3, -0.25) is 4.79 Å². The molecule has 6 heteroatoms. The Bertz CT molecular complexity index is 523. The Morgan fingerprint density at radius 2 is 2.00 bits per heavy atom. The molecular weight excluding hydrogens is 284 g/mol. The highest BCUT2D eigenvalue weighted by molar-refractivity contribution is 5.73. The molecule has 1 amide bonds. The van der Waals surface area contributed by atoms with E-state index in [1.54, 1.807) is 52.0 Å². The minimum absolute atomic E-state index is 0.0105. The van der Waals surface area contributed by atoms with Gasteiger partial charge in [0.25, 0.3) is 0 Å². The molecule has 0 aliphatic heterocycles. The first kappa shape index (κ1) is 17.8. The first-order valence-electron chi connectivity index (χ1n) is 7.22. The van der Waals surface area contributed by atoms with Crippen molar-refractivity contribution >= 4 is 17.7 Å². The fourth-order valence-electron chi connectivity index (χ4n) is 1.86. The van der Waals surface area contributed by atoms with Crippen molar-refractivity contribution in [2.45, 2.75) is 45.8 Å². The van der Waals surface area contributed by atoms with Crippen LogP contribution in [0.2, 0.25) is 0 Å². The molecule has 0 aliphatic carbocycles. The number of rotatable bonds is 5. The minimum atomic E-state index is -0.617. The predicted octanol–water partition coefficient (Wildman–Crippen LogP) is 2.79. The molecular formula is C16H24N2O4. The van der Waals surface area contributed by atoms with E-state index < -0.39 is 23.7 Å². The number of amides is 1. The molecule has 1 atom stereocenters. The van der Waals surface area contributed by atoms with Crippen LogP contribution in [-0.4, -0.2) is 24.3 Å². The van der Waals surface area contributed by atoms with Crippen LogP contribution >= 0.6 is 0 Å². The summed E-state index contributed by atoms with van der Waals surface area (Å²) in [4.78, 5) is 23.7. The fourth-order valence-corrected chi connectivity index (χ4v) is 1.86. The standard InChI is InChI=1S/C16H24N2O4/c1-5-21-14(19)10-13(11-7-6-8-12(17)9-11)18-15(20)22-16(2,3)4/h6-9,13H,5,10,17H2,1-4H3,(H,18,20). The number of nitrogens with two attached hydrogens (primary N) is 1. The normalized spacial score (nSPS) is 12.4. The van der Waals surface area contributed by atoms with Gasteiger partial charge in [0.1, 0.15) is 5.60 Å². The van der Waals surface area contributed by atoms with E-state index in [9.17, 15) is 9.59 Å². The predicted molar refractivity (Wildman–Crippen MR) is 84.2 cm³/mol. The fraction of sp³-hybridized carbons (Fsp3) is 0.500. The van der Waals surface area contributed by atoms with Gasteiger partial charge in [0, 0.05) is 5.69 Å². The summed E-state index contributed by atoms with van der Waals surface area (Å²) in [5.41, 5.74) is 6.42. The maximum absolute atomic E-state index is 12.0. The zero-order valence-electron chi connectivity index (χ0n) is 13.5. The Labute approximate surface area is 131 Å². The van der Waals surface area contributed by atoms with E-state index in [0.717, 1.165) is 5.56 Å². The molecule has 0 aliphatic rings. The van der Waals surface area contributed by atoms with Crippen molar-refractivity contribution in [1.82, 2.24) is 5.32 Å². The number of benzene rings is 1. The van der Waals surface area contributed by atoms with Gasteiger partial charge >= 0.3 is 12.1 Å². The number of nitrogen functional groups attached to an aromatic ring is 1. The molecule has 0 saturated heterocycles. The molecule has 0 fully saturated rings. The lowest BCUT2D eigenvalue weighted by atomic mass is 10.0. The second-order valence-electron chi connectivity index (χ2n) is 5.88. The first-order chi connectivity index (χ1) is 10.2. The van der Waals surface area contributed by atoms with E-state index in [0.29, 0.717) is 5.69 Å². The van der Waals surface area contributed by atoms with Crippen molar-refractivity contribution in [1.29, 1.82) is 0 Å². The zero-order chi connectivity index (χ0) is 16.8. The Morgan fingerprint density at radius 1 is 1.32 bits per heavy atom. The van der Waals surface area contributed by atoms with Crippen LogP contribution < -0.4 is 11.1 Å². The Kier molecular flexibility index (Phi) is 6.22. The lowest BCUT2D eigenvalue weighted by Gasteiger charge is -2.23. The Balaban J connectivity index is 2.87. The van der Waals surface area contributed by atoms with Gasteiger partial charge in [-0.25, -0.2) is 4.79 Å². The van der Waals surface area contributed by atoms with Crippen molar-refractivity contribution in [3.63, 3.8) is 0 Å². The van der Waals surface area contributed by atoms with Gasteiger partial charge in [-0.1, -0.05) is 12.1 Å². The molecule has 0 aromatic heterocycles. The van der Waals surface area contributed by atoms with E-state index in [4.69, 9.17) is 15.2 Å². The smallest absolute Gasteiger partial charge is 0.408 e. The molecule has 0 spiro atoms. The van der Waals surface area contributed by atoms with Crippen molar-refractivity contribution in [2.75, 3.05) is 12.3 Å². The van der Waals surface area contributed by atoms with Crippen LogP contribution in [0.25, 0.3) is 0 Å². The van der Waals surface area contributed by atoms with E-state index in [1.807, 2.05) is 0 Å². The van der Waals surface area contributed by atoms with Crippen LogP contribution in [0, 0.1) is 0 Å². The molecule has 1 rings (SSSR count). The van der Waals surface area contributed by atoms with Crippen molar-refractivity contribution in [2.24, 2.45) is 0 Å². The number of anilines is 1. The third kappa shape index (κ3) is 6.47. The van der Waals surface area contributed by atoms with Gasteiger partial charge in [-0.2, -0.15) is 0 Å². The molecule has 1 aromatic rings. The molecule has 22 heavy (non-hydrogen) atoms. The number of carbonyl (C=O) groups excluding carboxylic acids is 2. The number of nitrogens with one attached hydrogen (secondary N) is 1. The zero-order valence-corrected chi connectivity index (χ0v) is 13.5. The summed E-state index contributed by atoms with van der Waals surface area (Å²) in [6.45, 7) is 7.33. The summed E-state index contributed by atoms with van der Waals surface area (Å²) < 4.78 is 10.2. The van der Waals surface area contributed by atoms with Crippen molar-refractivity contribution in [3.05, 3.63) is 29.8 Å². The number of ether oxygens (including phenoxy) is 2. The van der Waals surface area contributed by atoms with E-state index in [-0.39, 0.29) is 13.0 Å². The van der Waals surface area contributed by atoms with Crippen LogP contribution in [0.3, 0.4) is 0 Å². The highest BCUT2D eigenvalue weighted by Gasteiger charge is 2.23. The number of hydrogen-bond acceptors (Lipinski definition) is 5. The molecule has 0 radical (unpaired) electrons.